The van der Waals surface area contributed by atoms with Crippen LogP contribution in [0.25, 0.3) is 5.69 Å². The van der Waals surface area contributed by atoms with Crippen LogP contribution in [0.5, 0.6) is 0 Å². The number of halogens is 5. The van der Waals surface area contributed by atoms with E-state index in [0.717, 1.165) is 7.05 Å². The van der Waals surface area contributed by atoms with E-state index in [0.29, 0.717) is 18.7 Å². The summed E-state index contributed by atoms with van der Waals surface area (Å²) >= 11 is 5.86. The maximum Gasteiger partial charge on any atom is 0.431 e. The minimum atomic E-state index is -5.02. The van der Waals surface area contributed by atoms with E-state index in [4.69, 9.17) is 25.8 Å². The summed E-state index contributed by atoms with van der Waals surface area (Å²) in [5.74, 6) is -3.40. The molecule has 0 bridgehead atoms. The van der Waals surface area contributed by atoms with Crippen LogP contribution < -0.4 is 11.2 Å². The van der Waals surface area contributed by atoms with Gasteiger partial charge < -0.3 is 14.2 Å². The Balaban J connectivity index is 1.96. The minimum Gasteiger partial charge on any atom is -0.460 e. The van der Waals surface area contributed by atoms with Crippen molar-refractivity contribution in [2.24, 2.45) is 7.05 Å². The zero-order chi connectivity index (χ0) is 24.7. The van der Waals surface area contributed by atoms with Gasteiger partial charge in [0.05, 0.1) is 22.9 Å². The molecule has 0 aliphatic carbocycles. The number of rotatable bonds is 6. The largest absolute Gasteiger partial charge is 0.460 e. The second-order valence-corrected chi connectivity index (χ2v) is 7.37. The summed E-state index contributed by atoms with van der Waals surface area (Å²) in [7, 11) is 0.740. The number of carbonyl (C=O) groups is 2. The van der Waals surface area contributed by atoms with E-state index in [1.165, 1.54) is 6.92 Å². The lowest BCUT2D eigenvalue weighted by atomic mass is 10.2. The van der Waals surface area contributed by atoms with Crippen molar-refractivity contribution in [3.63, 3.8) is 0 Å². The highest BCUT2D eigenvalue weighted by molar-refractivity contribution is 6.33. The van der Waals surface area contributed by atoms with Gasteiger partial charge >= 0.3 is 23.8 Å². The molecular formula is C19H15ClF4N2O7. The highest BCUT2D eigenvalue weighted by Gasteiger charge is 2.35. The first-order valence-corrected chi connectivity index (χ1v) is 9.58. The number of hydrogen-bond donors (Lipinski definition) is 0. The molecule has 2 aromatic rings. The molecule has 2 atom stereocenters. The molecule has 0 unspecified atom stereocenters. The van der Waals surface area contributed by atoms with Crippen LogP contribution >= 0.6 is 11.6 Å². The number of epoxide rings is 1. The van der Waals surface area contributed by atoms with Crippen molar-refractivity contribution in [3.05, 3.63) is 61.1 Å². The number of ether oxygens (including phenoxy) is 3. The molecule has 9 nitrogen and oxygen atoms in total. The van der Waals surface area contributed by atoms with Gasteiger partial charge in [0.25, 0.3) is 5.56 Å². The molecule has 2 heterocycles. The van der Waals surface area contributed by atoms with Crippen LogP contribution in [0.1, 0.15) is 23.0 Å². The monoisotopic (exact) mass is 494 g/mol. The predicted molar refractivity (Wildman–Crippen MR) is 103 cm³/mol. The second kappa shape index (κ2) is 8.98. The van der Waals surface area contributed by atoms with Gasteiger partial charge in [-0.2, -0.15) is 13.2 Å². The molecule has 3 rings (SSSR count). The third-order valence-electron chi connectivity index (χ3n) is 4.54. The number of esters is 2. The third-order valence-corrected chi connectivity index (χ3v) is 4.85. The van der Waals surface area contributed by atoms with Crippen LogP contribution in [0.15, 0.2) is 27.8 Å². The van der Waals surface area contributed by atoms with Crippen LogP contribution in [0, 0.1) is 5.82 Å². The van der Waals surface area contributed by atoms with Crippen molar-refractivity contribution in [2.75, 3.05) is 13.2 Å². The normalized spacial score (nSPS) is 16.3. The van der Waals surface area contributed by atoms with Gasteiger partial charge in [-0.15, -0.1) is 0 Å². The number of alkyl halides is 3. The average molecular weight is 495 g/mol. The van der Waals surface area contributed by atoms with Crippen LogP contribution in [0.2, 0.25) is 5.02 Å². The molecule has 0 spiro atoms. The fraction of sp³-hybridized carbons (Fsp3) is 0.368. The van der Waals surface area contributed by atoms with Gasteiger partial charge in [-0.3, -0.25) is 9.36 Å². The Morgan fingerprint density at radius 1 is 1.27 bits per heavy atom. The lowest BCUT2D eigenvalue weighted by molar-refractivity contribution is -0.153. The van der Waals surface area contributed by atoms with E-state index in [9.17, 15) is 36.7 Å². The smallest absolute Gasteiger partial charge is 0.431 e. The SMILES string of the molecule is C[C@@H](OC(=O)c1cc(-n2c(=O)cc(C(F)(F)F)n(C)c2=O)c(F)cc1Cl)C(=O)OC[C@H]1CO1. The topological polar surface area (TPSA) is 109 Å². The van der Waals surface area contributed by atoms with Gasteiger partial charge in [-0.05, 0) is 19.1 Å². The number of benzene rings is 1. The van der Waals surface area contributed by atoms with Crippen LogP contribution in [0.4, 0.5) is 17.6 Å². The first kappa shape index (κ1) is 24.5. The lowest BCUT2D eigenvalue weighted by Crippen LogP contribution is -2.41. The summed E-state index contributed by atoms with van der Waals surface area (Å²) in [5, 5.41) is -0.495. The molecule has 1 fully saturated rings. The Hall–Kier alpha value is -3.19. The zero-order valence-electron chi connectivity index (χ0n) is 16.9. The molecule has 1 aromatic heterocycles. The Kier molecular flexibility index (Phi) is 6.65. The highest BCUT2D eigenvalue weighted by Crippen LogP contribution is 2.28. The summed E-state index contributed by atoms with van der Waals surface area (Å²) < 4.78 is 68.5. The standard InChI is InChI=1S/C19H15ClF4N2O7/c1-8(16(28)32-7-9-6-31-9)33-17(29)10-3-13(12(21)4-11(10)20)26-15(27)5-14(19(22,23)24)25(2)18(26)30/h3-5,8-9H,6-7H2,1-2H3/t8-,9-/m1/s1. The molecule has 0 saturated carbocycles. The van der Waals surface area contributed by atoms with E-state index < -0.39 is 63.3 Å². The molecule has 1 saturated heterocycles. The molecule has 1 aromatic carbocycles. The molecule has 0 N–H and O–H groups in total. The maximum absolute atomic E-state index is 14.5. The summed E-state index contributed by atoms with van der Waals surface area (Å²) in [4.78, 5) is 49.0. The second-order valence-electron chi connectivity index (χ2n) is 6.96. The maximum atomic E-state index is 14.5. The third kappa shape index (κ3) is 5.25. The minimum absolute atomic E-state index is 0.0394. The zero-order valence-corrected chi connectivity index (χ0v) is 17.7. The fourth-order valence-corrected chi connectivity index (χ4v) is 2.94. The summed E-state index contributed by atoms with van der Waals surface area (Å²) in [6.45, 7) is 1.59. The fourth-order valence-electron chi connectivity index (χ4n) is 2.71. The molecule has 0 amide bonds. The van der Waals surface area contributed by atoms with Crippen molar-refractivity contribution in [1.29, 1.82) is 0 Å². The molecule has 1 aliphatic rings. The van der Waals surface area contributed by atoms with E-state index in [1.54, 1.807) is 0 Å². The Morgan fingerprint density at radius 3 is 2.48 bits per heavy atom. The summed E-state index contributed by atoms with van der Waals surface area (Å²) in [6.07, 6.45) is -6.64. The number of carbonyl (C=O) groups excluding carboxylic acids is 2. The van der Waals surface area contributed by atoms with Crippen molar-refractivity contribution >= 4 is 23.5 Å². The van der Waals surface area contributed by atoms with Crippen molar-refractivity contribution in [1.82, 2.24) is 9.13 Å². The Bertz CT molecular complexity index is 1230. The van der Waals surface area contributed by atoms with Crippen molar-refractivity contribution < 1.29 is 41.4 Å². The van der Waals surface area contributed by atoms with Crippen molar-refractivity contribution in [2.45, 2.75) is 25.3 Å². The average Bonchev–Trinajstić information content (AvgIpc) is 3.53. The highest BCUT2D eigenvalue weighted by atomic mass is 35.5. The Labute approximate surface area is 187 Å². The number of hydrogen-bond acceptors (Lipinski definition) is 7. The quantitative estimate of drug-likeness (QED) is 0.342. The number of nitrogens with zero attached hydrogens (tertiary/aromatic N) is 2. The first-order chi connectivity index (χ1) is 15.3. The molecule has 0 radical (unpaired) electrons. The first-order valence-electron chi connectivity index (χ1n) is 9.20. The van der Waals surface area contributed by atoms with Crippen LogP contribution in [0.3, 0.4) is 0 Å². The molecule has 33 heavy (non-hydrogen) atoms. The van der Waals surface area contributed by atoms with Gasteiger partial charge in [0.15, 0.2) is 6.10 Å². The molecule has 178 valence electrons. The predicted octanol–water partition coefficient (Wildman–Crippen LogP) is 1.83. The molecular weight excluding hydrogens is 480 g/mol. The lowest BCUT2D eigenvalue weighted by Gasteiger charge is -2.16. The Morgan fingerprint density at radius 2 is 1.91 bits per heavy atom. The van der Waals surface area contributed by atoms with Gasteiger partial charge in [0.1, 0.15) is 24.2 Å². The molecule has 1 aliphatic heterocycles. The van der Waals surface area contributed by atoms with E-state index >= 15 is 0 Å². The van der Waals surface area contributed by atoms with Crippen LogP contribution in [-0.2, 0) is 32.2 Å². The van der Waals surface area contributed by atoms with E-state index in [2.05, 4.69) is 0 Å². The van der Waals surface area contributed by atoms with Gasteiger partial charge in [-0.25, -0.2) is 23.3 Å². The van der Waals surface area contributed by atoms with Crippen molar-refractivity contribution in [3.8, 4) is 5.69 Å². The van der Waals surface area contributed by atoms with Gasteiger partial charge in [0, 0.05) is 13.1 Å². The number of aromatic nitrogens is 2. The van der Waals surface area contributed by atoms with Gasteiger partial charge in [0.2, 0.25) is 0 Å². The van der Waals surface area contributed by atoms with Crippen LogP contribution in [-0.4, -0.2) is 46.5 Å². The van der Waals surface area contributed by atoms with E-state index in [-0.39, 0.29) is 27.9 Å². The summed E-state index contributed by atoms with van der Waals surface area (Å²) in [5.41, 5.74) is -5.95. The van der Waals surface area contributed by atoms with E-state index in [1.807, 2.05) is 0 Å². The van der Waals surface area contributed by atoms with Gasteiger partial charge in [-0.1, -0.05) is 11.6 Å². The summed E-state index contributed by atoms with van der Waals surface area (Å²) in [6, 6.07) is 1.34. The molecule has 14 heteroatoms.